The van der Waals surface area contributed by atoms with Gasteiger partial charge in [0.05, 0.1) is 4.90 Å². The Morgan fingerprint density at radius 2 is 2.05 bits per heavy atom. The minimum Gasteiger partial charge on any atom is -0.338 e. The third-order valence-electron chi connectivity index (χ3n) is 3.81. The van der Waals surface area contributed by atoms with Crippen molar-refractivity contribution < 1.29 is 13.2 Å². The Hall–Kier alpha value is -1.36. The second-order valence-corrected chi connectivity index (χ2v) is 7.76. The Morgan fingerprint density at radius 1 is 1.35 bits per heavy atom. The van der Waals surface area contributed by atoms with Gasteiger partial charge in [0.25, 0.3) is 5.91 Å². The normalized spacial score (nSPS) is 19.9. The monoisotopic (exact) mass is 295 g/mol. The first-order valence-electron chi connectivity index (χ1n) is 6.89. The Kier molecular flexibility index (Phi) is 4.18. The van der Waals surface area contributed by atoms with Gasteiger partial charge in [-0.15, -0.1) is 0 Å². The molecule has 0 unspecified atom stereocenters. The smallest absolute Gasteiger partial charge is 0.254 e. The van der Waals surface area contributed by atoms with Crippen molar-refractivity contribution in [3.63, 3.8) is 0 Å². The number of aryl methyl sites for hydroxylation is 1. The molecule has 1 aromatic rings. The van der Waals surface area contributed by atoms with Gasteiger partial charge in [0.2, 0.25) is 0 Å². The molecule has 1 aromatic carbocycles. The number of carbonyl (C=O) groups excluding carboxylic acids is 1. The number of amides is 1. The van der Waals surface area contributed by atoms with Crippen LogP contribution in [0.4, 0.5) is 0 Å². The first kappa shape index (κ1) is 15.0. The van der Waals surface area contributed by atoms with E-state index in [-0.39, 0.29) is 10.8 Å². The number of sulfone groups is 1. The topological polar surface area (TPSA) is 54.5 Å². The molecule has 1 fully saturated rings. The second-order valence-electron chi connectivity index (χ2n) is 5.75. The third-order valence-corrected chi connectivity index (χ3v) is 4.92. The molecule has 0 N–H and O–H groups in total. The fraction of sp³-hybridized carbons (Fsp3) is 0.533. The highest BCUT2D eigenvalue weighted by Crippen LogP contribution is 2.21. The molecule has 0 saturated carbocycles. The number of nitrogens with zero attached hydrogens (tertiary/aromatic N) is 1. The summed E-state index contributed by atoms with van der Waals surface area (Å²) < 4.78 is 23.2. The van der Waals surface area contributed by atoms with E-state index in [0.717, 1.165) is 37.8 Å². The number of piperidine rings is 1. The summed E-state index contributed by atoms with van der Waals surface area (Å²) in [4.78, 5) is 14.6. The van der Waals surface area contributed by atoms with Crippen molar-refractivity contribution in [2.75, 3.05) is 19.3 Å². The Balaban J connectivity index is 2.34. The van der Waals surface area contributed by atoms with Crippen LogP contribution >= 0.6 is 0 Å². The van der Waals surface area contributed by atoms with Gasteiger partial charge in [-0.2, -0.15) is 0 Å². The van der Waals surface area contributed by atoms with E-state index >= 15 is 0 Å². The molecule has 0 aromatic heterocycles. The highest BCUT2D eigenvalue weighted by atomic mass is 32.2. The maximum absolute atomic E-state index is 12.6. The summed E-state index contributed by atoms with van der Waals surface area (Å²) in [5, 5.41) is 0. The number of carbonyl (C=O) groups is 1. The van der Waals surface area contributed by atoms with Crippen LogP contribution in [0, 0.1) is 12.8 Å². The van der Waals surface area contributed by atoms with Gasteiger partial charge < -0.3 is 4.90 Å². The highest BCUT2D eigenvalue weighted by Gasteiger charge is 2.24. The maximum Gasteiger partial charge on any atom is 0.254 e. The quantitative estimate of drug-likeness (QED) is 0.841. The molecule has 2 rings (SSSR count). The van der Waals surface area contributed by atoms with Crippen molar-refractivity contribution in [3.05, 3.63) is 29.3 Å². The summed E-state index contributed by atoms with van der Waals surface area (Å²) in [5.74, 6) is 0.450. The van der Waals surface area contributed by atoms with Crippen molar-refractivity contribution in [1.29, 1.82) is 0 Å². The average molecular weight is 295 g/mol. The molecule has 20 heavy (non-hydrogen) atoms. The van der Waals surface area contributed by atoms with Crippen LogP contribution in [0.2, 0.25) is 0 Å². The Labute approximate surface area is 120 Å². The lowest BCUT2D eigenvalue weighted by molar-refractivity contribution is 0.0682. The van der Waals surface area contributed by atoms with Crippen molar-refractivity contribution in [2.24, 2.45) is 5.92 Å². The van der Waals surface area contributed by atoms with Crippen molar-refractivity contribution in [1.82, 2.24) is 4.90 Å². The summed E-state index contributed by atoms with van der Waals surface area (Å²) in [6.07, 6.45) is 3.32. The molecular formula is C15H21NO3S. The van der Waals surface area contributed by atoms with Gasteiger partial charge in [0.1, 0.15) is 0 Å². The lowest BCUT2D eigenvalue weighted by atomic mass is 9.99. The molecule has 1 aliphatic heterocycles. The first-order valence-corrected chi connectivity index (χ1v) is 8.78. The minimum atomic E-state index is -3.29. The van der Waals surface area contributed by atoms with E-state index in [1.54, 1.807) is 12.1 Å². The summed E-state index contributed by atoms with van der Waals surface area (Å²) in [6, 6.07) is 4.77. The van der Waals surface area contributed by atoms with E-state index in [1.807, 2.05) is 11.8 Å². The van der Waals surface area contributed by atoms with Crippen LogP contribution in [0.25, 0.3) is 0 Å². The summed E-state index contributed by atoms with van der Waals surface area (Å²) in [6.45, 7) is 5.49. The van der Waals surface area contributed by atoms with Gasteiger partial charge in [0.15, 0.2) is 9.84 Å². The van der Waals surface area contributed by atoms with Crippen LogP contribution in [0.3, 0.4) is 0 Å². The Bertz CT molecular complexity index is 622. The minimum absolute atomic E-state index is 0.0560. The van der Waals surface area contributed by atoms with E-state index in [0.29, 0.717) is 11.5 Å². The molecule has 4 nitrogen and oxygen atoms in total. The van der Waals surface area contributed by atoms with Crippen LogP contribution < -0.4 is 0 Å². The van der Waals surface area contributed by atoms with E-state index in [2.05, 4.69) is 6.92 Å². The molecule has 1 saturated heterocycles. The summed E-state index contributed by atoms with van der Waals surface area (Å²) in [7, 11) is -3.29. The first-order chi connectivity index (χ1) is 9.29. The molecule has 0 spiro atoms. The highest BCUT2D eigenvalue weighted by molar-refractivity contribution is 7.90. The third kappa shape index (κ3) is 3.20. The van der Waals surface area contributed by atoms with E-state index < -0.39 is 9.84 Å². The Morgan fingerprint density at radius 3 is 2.65 bits per heavy atom. The van der Waals surface area contributed by atoms with Gasteiger partial charge in [-0.1, -0.05) is 13.0 Å². The fourth-order valence-corrected chi connectivity index (χ4v) is 3.25. The molecule has 5 heteroatoms. The van der Waals surface area contributed by atoms with Crippen molar-refractivity contribution in [2.45, 2.75) is 31.6 Å². The number of likely N-dealkylation sites (tertiary alicyclic amines) is 1. The van der Waals surface area contributed by atoms with Crippen molar-refractivity contribution in [3.8, 4) is 0 Å². The second kappa shape index (κ2) is 5.56. The molecule has 1 heterocycles. The van der Waals surface area contributed by atoms with Gasteiger partial charge >= 0.3 is 0 Å². The largest absolute Gasteiger partial charge is 0.338 e. The summed E-state index contributed by atoms with van der Waals surface area (Å²) >= 11 is 0. The van der Waals surface area contributed by atoms with Gasteiger partial charge in [-0.3, -0.25) is 4.79 Å². The molecular weight excluding hydrogens is 274 g/mol. The van der Waals surface area contributed by atoms with Crippen LogP contribution in [0.15, 0.2) is 23.1 Å². The SMILES string of the molecule is Cc1ccc(S(C)(=O)=O)cc1C(=O)N1CCC[C@H](C)C1. The zero-order valence-corrected chi connectivity index (χ0v) is 13.0. The number of benzene rings is 1. The molecule has 1 aliphatic rings. The van der Waals surface area contributed by atoms with E-state index in [1.165, 1.54) is 6.07 Å². The van der Waals surface area contributed by atoms with Gasteiger partial charge in [-0.25, -0.2) is 8.42 Å². The summed E-state index contributed by atoms with van der Waals surface area (Å²) in [5.41, 5.74) is 1.32. The molecule has 1 atom stereocenters. The number of hydrogen-bond donors (Lipinski definition) is 0. The molecule has 0 bridgehead atoms. The average Bonchev–Trinajstić information content (AvgIpc) is 2.37. The molecule has 110 valence electrons. The zero-order valence-electron chi connectivity index (χ0n) is 12.2. The fourth-order valence-electron chi connectivity index (χ4n) is 2.61. The van der Waals surface area contributed by atoms with Crippen LogP contribution in [0.5, 0.6) is 0 Å². The van der Waals surface area contributed by atoms with Crippen LogP contribution in [0.1, 0.15) is 35.7 Å². The zero-order chi connectivity index (χ0) is 14.9. The standard InChI is InChI=1S/C15H21NO3S/c1-11-5-4-8-16(10-11)15(17)14-9-13(20(3,18)19)7-6-12(14)2/h6-7,9,11H,4-5,8,10H2,1-3H3/t11-/m0/s1. The molecule has 1 amide bonds. The number of rotatable bonds is 2. The van der Waals surface area contributed by atoms with E-state index in [4.69, 9.17) is 0 Å². The number of hydrogen-bond acceptors (Lipinski definition) is 3. The van der Waals surface area contributed by atoms with Crippen LogP contribution in [-0.2, 0) is 9.84 Å². The molecule has 0 radical (unpaired) electrons. The van der Waals surface area contributed by atoms with E-state index in [9.17, 15) is 13.2 Å². The van der Waals surface area contributed by atoms with Gasteiger partial charge in [-0.05, 0) is 43.4 Å². The maximum atomic E-state index is 12.6. The predicted molar refractivity (Wildman–Crippen MR) is 78.6 cm³/mol. The van der Waals surface area contributed by atoms with Crippen LogP contribution in [-0.4, -0.2) is 38.6 Å². The molecule has 0 aliphatic carbocycles. The van der Waals surface area contributed by atoms with Gasteiger partial charge in [0, 0.05) is 24.9 Å². The lowest BCUT2D eigenvalue weighted by Crippen LogP contribution is -2.39. The van der Waals surface area contributed by atoms with Crippen molar-refractivity contribution >= 4 is 15.7 Å². The lowest BCUT2D eigenvalue weighted by Gasteiger charge is -2.31. The predicted octanol–water partition coefficient (Wildman–Crippen LogP) is 2.27.